The Kier molecular flexibility index (Phi) is 6.21. The molecule has 0 unspecified atom stereocenters. The lowest BCUT2D eigenvalue weighted by Gasteiger charge is -2.34. The Hall–Kier alpha value is -4.34. The zero-order chi connectivity index (χ0) is 25.2. The first kappa shape index (κ1) is 23.1. The maximum atomic E-state index is 13.1. The number of furan rings is 1. The number of carbonyl (C=O) groups is 2. The molecule has 1 aromatic carbocycles. The van der Waals surface area contributed by atoms with E-state index < -0.39 is 0 Å². The lowest BCUT2D eigenvalue weighted by Crippen LogP contribution is -2.51. The van der Waals surface area contributed by atoms with Crippen molar-refractivity contribution in [2.45, 2.75) is 12.8 Å². The number of rotatable bonds is 6. The molecule has 3 aromatic heterocycles. The fraction of sp³-hybridized carbons (Fsp3) is 0.333. The van der Waals surface area contributed by atoms with Gasteiger partial charge in [0.05, 0.1) is 19.0 Å². The number of nitrogens with zero attached hydrogens (tertiary/aromatic N) is 6. The zero-order valence-corrected chi connectivity index (χ0v) is 20.5. The highest BCUT2D eigenvalue weighted by molar-refractivity contribution is 5.91. The van der Waals surface area contributed by atoms with Gasteiger partial charge in [0.15, 0.2) is 11.4 Å². The molecule has 5 heterocycles. The third-order valence-electron chi connectivity index (χ3n) is 7.10. The van der Waals surface area contributed by atoms with Crippen molar-refractivity contribution < 1.29 is 14.0 Å². The Bertz CT molecular complexity index is 1380. The van der Waals surface area contributed by atoms with Crippen LogP contribution in [0.5, 0.6) is 0 Å². The number of carbonyl (C=O) groups excluding carboxylic acids is 2. The lowest BCUT2D eigenvalue weighted by molar-refractivity contribution is -0.130. The molecule has 37 heavy (non-hydrogen) atoms. The largest absolute Gasteiger partial charge is 0.459 e. The van der Waals surface area contributed by atoms with E-state index in [9.17, 15) is 9.59 Å². The van der Waals surface area contributed by atoms with Gasteiger partial charge in [0.25, 0.3) is 5.91 Å². The van der Waals surface area contributed by atoms with Crippen molar-refractivity contribution in [3.05, 3.63) is 67.0 Å². The minimum atomic E-state index is -0.144. The Morgan fingerprint density at radius 1 is 0.946 bits per heavy atom. The van der Waals surface area contributed by atoms with Gasteiger partial charge in [0, 0.05) is 62.9 Å². The van der Waals surface area contributed by atoms with E-state index in [2.05, 4.69) is 39.5 Å². The molecule has 190 valence electrons. The van der Waals surface area contributed by atoms with Gasteiger partial charge in [-0.05, 0) is 37.1 Å². The summed E-state index contributed by atoms with van der Waals surface area (Å²) in [7, 11) is 0. The Morgan fingerprint density at radius 2 is 1.70 bits per heavy atom. The molecule has 0 spiro atoms. The number of aromatic nitrogens is 3. The summed E-state index contributed by atoms with van der Waals surface area (Å²) in [5, 5.41) is 3.33. The maximum Gasteiger partial charge on any atom is 0.289 e. The van der Waals surface area contributed by atoms with Crippen LogP contribution >= 0.6 is 0 Å². The minimum Gasteiger partial charge on any atom is -0.459 e. The van der Waals surface area contributed by atoms with Crippen LogP contribution in [0.3, 0.4) is 0 Å². The van der Waals surface area contributed by atoms with E-state index >= 15 is 0 Å². The molecular weight excluding hydrogens is 470 g/mol. The predicted octanol–water partition coefficient (Wildman–Crippen LogP) is 2.99. The van der Waals surface area contributed by atoms with Crippen LogP contribution in [0.15, 0.2) is 65.7 Å². The molecule has 10 nitrogen and oxygen atoms in total. The summed E-state index contributed by atoms with van der Waals surface area (Å²) in [5.41, 5.74) is 3.69. The van der Waals surface area contributed by atoms with Gasteiger partial charge in [0.2, 0.25) is 5.91 Å². The van der Waals surface area contributed by atoms with E-state index in [0.717, 1.165) is 30.2 Å². The SMILES string of the molecule is O=C(CNc1c(-c2ccc(N3CCCC3)cc2)nc2cnccn12)N1CCN(C(=O)c2ccco2)CC1. The first-order chi connectivity index (χ1) is 18.2. The van der Waals surface area contributed by atoms with Crippen LogP contribution in [-0.2, 0) is 4.79 Å². The normalized spacial score (nSPS) is 15.9. The van der Waals surface area contributed by atoms with Crippen LogP contribution in [0.1, 0.15) is 23.4 Å². The van der Waals surface area contributed by atoms with E-state index in [1.807, 2.05) is 10.6 Å². The van der Waals surface area contributed by atoms with Gasteiger partial charge in [-0.2, -0.15) is 0 Å². The lowest BCUT2D eigenvalue weighted by atomic mass is 10.1. The number of benzene rings is 1. The van der Waals surface area contributed by atoms with Gasteiger partial charge in [-0.3, -0.25) is 19.0 Å². The van der Waals surface area contributed by atoms with E-state index in [1.54, 1.807) is 34.3 Å². The molecule has 0 radical (unpaired) electrons. The van der Waals surface area contributed by atoms with Crippen LogP contribution in [0.2, 0.25) is 0 Å². The average molecular weight is 500 g/mol. The first-order valence-electron chi connectivity index (χ1n) is 12.7. The summed E-state index contributed by atoms with van der Waals surface area (Å²) in [6, 6.07) is 11.8. The molecule has 2 saturated heterocycles. The third-order valence-corrected chi connectivity index (χ3v) is 7.10. The summed E-state index contributed by atoms with van der Waals surface area (Å²) in [5.74, 6) is 0.912. The van der Waals surface area contributed by atoms with Crippen LogP contribution in [-0.4, -0.2) is 81.8 Å². The maximum absolute atomic E-state index is 13.1. The fourth-order valence-electron chi connectivity index (χ4n) is 5.07. The Balaban J connectivity index is 1.14. The molecule has 2 amide bonds. The summed E-state index contributed by atoms with van der Waals surface area (Å²) in [4.78, 5) is 40.5. The van der Waals surface area contributed by atoms with Gasteiger partial charge < -0.3 is 24.4 Å². The predicted molar refractivity (Wildman–Crippen MR) is 140 cm³/mol. The van der Waals surface area contributed by atoms with Crippen LogP contribution in [0, 0.1) is 0 Å². The molecule has 2 aliphatic rings. The zero-order valence-electron chi connectivity index (χ0n) is 20.5. The number of fused-ring (bicyclic) bond motifs is 1. The van der Waals surface area contributed by atoms with Crippen LogP contribution < -0.4 is 10.2 Å². The molecule has 6 rings (SSSR count). The monoisotopic (exact) mass is 499 g/mol. The number of anilines is 2. The summed E-state index contributed by atoms with van der Waals surface area (Å²) in [6.45, 7) is 4.23. The first-order valence-corrected chi connectivity index (χ1v) is 12.7. The van der Waals surface area contributed by atoms with Crippen LogP contribution in [0.4, 0.5) is 11.5 Å². The molecule has 10 heteroatoms. The minimum absolute atomic E-state index is 0.0237. The number of hydrogen-bond donors (Lipinski definition) is 1. The van der Waals surface area contributed by atoms with Gasteiger partial charge in [-0.1, -0.05) is 12.1 Å². The van der Waals surface area contributed by atoms with Gasteiger partial charge in [-0.15, -0.1) is 0 Å². The van der Waals surface area contributed by atoms with Crippen molar-refractivity contribution in [3.63, 3.8) is 0 Å². The van der Waals surface area contributed by atoms with Crippen LogP contribution in [0.25, 0.3) is 16.9 Å². The highest BCUT2D eigenvalue weighted by Crippen LogP contribution is 2.30. The van der Waals surface area contributed by atoms with Crippen molar-refractivity contribution in [2.24, 2.45) is 0 Å². The molecule has 2 fully saturated rings. The second-order valence-electron chi connectivity index (χ2n) is 9.36. The Labute approximate surface area is 214 Å². The summed E-state index contributed by atoms with van der Waals surface area (Å²) >= 11 is 0. The fourth-order valence-corrected chi connectivity index (χ4v) is 5.07. The van der Waals surface area contributed by atoms with Crippen molar-refractivity contribution in [3.8, 4) is 11.3 Å². The topological polar surface area (TPSA) is 99.2 Å². The number of hydrogen-bond acceptors (Lipinski definition) is 7. The van der Waals surface area contributed by atoms with E-state index in [-0.39, 0.29) is 18.4 Å². The van der Waals surface area contributed by atoms with E-state index in [1.165, 1.54) is 24.8 Å². The van der Waals surface area contributed by atoms with Crippen molar-refractivity contribution in [2.75, 3.05) is 56.0 Å². The van der Waals surface area contributed by atoms with Gasteiger partial charge >= 0.3 is 0 Å². The molecule has 2 aliphatic heterocycles. The number of amides is 2. The Morgan fingerprint density at radius 3 is 2.43 bits per heavy atom. The smallest absolute Gasteiger partial charge is 0.289 e. The number of nitrogens with one attached hydrogen (secondary N) is 1. The van der Waals surface area contributed by atoms with Crippen molar-refractivity contribution >= 4 is 29.0 Å². The summed E-state index contributed by atoms with van der Waals surface area (Å²) in [6.07, 6.45) is 9.22. The molecule has 0 saturated carbocycles. The molecule has 1 N–H and O–H groups in total. The molecule has 4 aromatic rings. The second-order valence-corrected chi connectivity index (χ2v) is 9.36. The number of piperazine rings is 1. The highest BCUT2D eigenvalue weighted by Gasteiger charge is 2.26. The molecule has 0 aliphatic carbocycles. The standard InChI is InChI=1S/C27H29N7O3/c35-24(32-13-15-33(16-14-32)27(36)22-4-3-17-37-22)19-29-26-25(30-23-18-28-9-12-34(23)26)20-5-7-21(8-6-20)31-10-1-2-11-31/h3-9,12,17-18,29H,1-2,10-11,13-16,19H2. The summed E-state index contributed by atoms with van der Waals surface area (Å²) < 4.78 is 7.14. The van der Waals surface area contributed by atoms with E-state index in [4.69, 9.17) is 9.40 Å². The molecular formula is C27H29N7O3. The average Bonchev–Trinajstić information content (AvgIpc) is 3.73. The van der Waals surface area contributed by atoms with Gasteiger partial charge in [-0.25, -0.2) is 4.98 Å². The number of imidazole rings is 1. The molecule has 0 atom stereocenters. The van der Waals surface area contributed by atoms with E-state index in [0.29, 0.717) is 37.6 Å². The van der Waals surface area contributed by atoms with Crippen molar-refractivity contribution in [1.29, 1.82) is 0 Å². The van der Waals surface area contributed by atoms with Crippen molar-refractivity contribution in [1.82, 2.24) is 24.2 Å². The van der Waals surface area contributed by atoms with Gasteiger partial charge in [0.1, 0.15) is 11.5 Å². The third kappa shape index (κ3) is 4.62. The second kappa shape index (κ2) is 9.96. The highest BCUT2D eigenvalue weighted by atomic mass is 16.3. The quantitative estimate of drug-likeness (QED) is 0.435. The molecule has 0 bridgehead atoms.